The van der Waals surface area contributed by atoms with Crippen LogP contribution in [0.1, 0.15) is 18.2 Å². The van der Waals surface area contributed by atoms with Gasteiger partial charge >= 0.3 is 6.03 Å². The minimum Gasteiger partial charge on any atom is -0.378 e. The summed E-state index contributed by atoms with van der Waals surface area (Å²) in [5.41, 5.74) is 8.57. The molecule has 0 radical (unpaired) electrons. The molecule has 2 amide bonds. The molecule has 0 saturated carbocycles. The molecule has 0 spiro atoms. The number of urea groups is 1. The van der Waals surface area contributed by atoms with E-state index in [9.17, 15) is 13.2 Å². The Hall–Kier alpha value is -3.55. The number of aryl methyl sites for hydroxylation is 1. The summed E-state index contributed by atoms with van der Waals surface area (Å²) < 4.78 is 35.0. The second-order valence-electron chi connectivity index (χ2n) is 8.96. The molecular formula is C24H30N8O4S. The fourth-order valence-electron chi connectivity index (χ4n) is 4.69. The molecule has 196 valence electrons. The summed E-state index contributed by atoms with van der Waals surface area (Å²) in [6, 6.07) is 6.78. The van der Waals surface area contributed by atoms with E-state index in [1.54, 1.807) is 19.2 Å². The zero-order valence-corrected chi connectivity index (χ0v) is 21.7. The number of hydrogen-bond donors (Lipinski definition) is 1. The lowest BCUT2D eigenvalue weighted by molar-refractivity contribution is 0.122. The van der Waals surface area contributed by atoms with Crippen LogP contribution in [0.15, 0.2) is 41.6 Å². The predicted molar refractivity (Wildman–Crippen MR) is 138 cm³/mol. The number of rotatable bonds is 6. The van der Waals surface area contributed by atoms with Gasteiger partial charge in [-0.2, -0.15) is 9.40 Å². The molecule has 0 bridgehead atoms. The third-order valence-electron chi connectivity index (χ3n) is 6.66. The van der Waals surface area contributed by atoms with Gasteiger partial charge in [0.05, 0.1) is 31.6 Å². The van der Waals surface area contributed by atoms with Crippen molar-refractivity contribution >= 4 is 27.6 Å². The molecule has 2 aliphatic heterocycles. The number of ether oxygens (including phenoxy) is 1. The highest BCUT2D eigenvalue weighted by Crippen LogP contribution is 2.32. The maximum Gasteiger partial charge on any atom is 0.319 e. The molecule has 1 aromatic carbocycles. The Kier molecular flexibility index (Phi) is 6.84. The molecule has 0 unspecified atom stereocenters. The fourth-order valence-corrected chi connectivity index (χ4v) is 6.08. The molecule has 2 N–H and O–H groups in total. The minimum atomic E-state index is -3.72. The summed E-state index contributed by atoms with van der Waals surface area (Å²) >= 11 is 0. The van der Waals surface area contributed by atoms with Crippen LogP contribution >= 0.6 is 0 Å². The third kappa shape index (κ3) is 4.89. The molecule has 0 aliphatic carbocycles. The van der Waals surface area contributed by atoms with Gasteiger partial charge in [-0.3, -0.25) is 9.58 Å². The largest absolute Gasteiger partial charge is 0.378 e. The zero-order chi connectivity index (χ0) is 26.2. The van der Waals surface area contributed by atoms with Gasteiger partial charge in [0.15, 0.2) is 5.82 Å². The van der Waals surface area contributed by atoms with Crippen molar-refractivity contribution in [2.45, 2.75) is 24.8 Å². The Labute approximate surface area is 215 Å². The van der Waals surface area contributed by atoms with E-state index in [4.69, 9.17) is 20.4 Å². The monoisotopic (exact) mass is 526 g/mol. The topological polar surface area (TPSA) is 140 Å². The van der Waals surface area contributed by atoms with Crippen molar-refractivity contribution in [2.24, 2.45) is 12.8 Å². The van der Waals surface area contributed by atoms with Crippen LogP contribution in [-0.2, 0) is 34.8 Å². The summed E-state index contributed by atoms with van der Waals surface area (Å²) in [5, 5.41) is 4.02. The van der Waals surface area contributed by atoms with Gasteiger partial charge < -0.3 is 15.4 Å². The average molecular weight is 527 g/mol. The van der Waals surface area contributed by atoms with Crippen LogP contribution < -0.4 is 15.5 Å². The number of fused-ring (bicyclic) bond motifs is 1. The van der Waals surface area contributed by atoms with Crippen LogP contribution in [-0.4, -0.2) is 77.9 Å². The molecule has 4 heterocycles. The van der Waals surface area contributed by atoms with E-state index in [0.29, 0.717) is 63.0 Å². The van der Waals surface area contributed by atoms with E-state index in [0.717, 1.165) is 16.9 Å². The van der Waals surface area contributed by atoms with Gasteiger partial charge in [0.1, 0.15) is 10.7 Å². The number of anilines is 2. The average Bonchev–Trinajstić information content (AvgIpc) is 3.36. The number of nitrogens with two attached hydrogens (primary N) is 1. The molecule has 12 nitrogen and oxygen atoms in total. The normalized spacial score (nSPS) is 16.4. The molecule has 5 rings (SSSR count). The van der Waals surface area contributed by atoms with Crippen LogP contribution in [0, 0.1) is 0 Å². The number of primary amides is 1. The maximum absolute atomic E-state index is 13.3. The Morgan fingerprint density at radius 1 is 1.14 bits per heavy atom. The lowest BCUT2D eigenvalue weighted by Gasteiger charge is -2.33. The molecular weight excluding hydrogens is 496 g/mol. The van der Waals surface area contributed by atoms with E-state index in [1.807, 2.05) is 19.1 Å². The van der Waals surface area contributed by atoms with Gasteiger partial charge in [-0.05, 0) is 37.6 Å². The van der Waals surface area contributed by atoms with Gasteiger partial charge in [0.25, 0.3) is 0 Å². The van der Waals surface area contributed by atoms with Crippen molar-refractivity contribution in [3.63, 3.8) is 0 Å². The lowest BCUT2D eigenvalue weighted by atomic mass is 10.1. The molecule has 1 fully saturated rings. The predicted octanol–water partition coefficient (Wildman–Crippen LogP) is 1.37. The van der Waals surface area contributed by atoms with E-state index < -0.39 is 16.1 Å². The number of sulfonamides is 1. The summed E-state index contributed by atoms with van der Waals surface area (Å²) in [4.78, 5) is 25.3. The van der Waals surface area contributed by atoms with Crippen molar-refractivity contribution in [3.8, 4) is 11.4 Å². The second kappa shape index (κ2) is 10.1. The zero-order valence-electron chi connectivity index (χ0n) is 20.9. The summed E-state index contributed by atoms with van der Waals surface area (Å²) in [5.74, 6) is 1.31. The number of benzene rings is 1. The number of aromatic nitrogens is 4. The molecule has 13 heteroatoms. The van der Waals surface area contributed by atoms with Gasteiger partial charge in [-0.15, -0.1) is 0 Å². The summed E-state index contributed by atoms with van der Waals surface area (Å²) in [6.45, 7) is 5.38. The van der Waals surface area contributed by atoms with Gasteiger partial charge in [0, 0.05) is 56.2 Å². The highest BCUT2D eigenvalue weighted by atomic mass is 32.2. The lowest BCUT2D eigenvalue weighted by Crippen LogP contribution is -2.40. The number of nitrogens with zero attached hydrogens (tertiary/aromatic N) is 7. The molecule has 37 heavy (non-hydrogen) atoms. The van der Waals surface area contributed by atoms with Crippen molar-refractivity contribution < 1.29 is 17.9 Å². The minimum absolute atomic E-state index is 0.142. The SMILES string of the molecule is CCN(C(N)=O)c1ccc(-c2nc3c(c(N4CCOCC4)n2)CCN(S(=O)(=O)c2cnn(C)c2)C3)cc1. The Balaban J connectivity index is 1.53. The first kappa shape index (κ1) is 25.1. The van der Waals surface area contributed by atoms with Gasteiger partial charge in [-0.1, -0.05) is 0 Å². The van der Waals surface area contributed by atoms with Crippen molar-refractivity contribution in [1.29, 1.82) is 0 Å². The van der Waals surface area contributed by atoms with Crippen LogP contribution in [0.25, 0.3) is 11.4 Å². The summed E-state index contributed by atoms with van der Waals surface area (Å²) in [6.07, 6.45) is 3.37. The van der Waals surface area contributed by atoms with Crippen molar-refractivity contribution in [3.05, 3.63) is 47.9 Å². The first-order chi connectivity index (χ1) is 17.8. The highest BCUT2D eigenvalue weighted by Gasteiger charge is 2.33. The highest BCUT2D eigenvalue weighted by molar-refractivity contribution is 7.89. The van der Waals surface area contributed by atoms with Crippen LogP contribution in [0.4, 0.5) is 16.3 Å². The Morgan fingerprint density at radius 2 is 1.86 bits per heavy atom. The van der Waals surface area contributed by atoms with Crippen LogP contribution in [0.2, 0.25) is 0 Å². The Bertz CT molecular complexity index is 1400. The Morgan fingerprint density at radius 3 is 2.49 bits per heavy atom. The standard InChI is InChI=1S/C24H30N8O4S/c1-3-32(24(25)33)18-6-4-17(5-7-18)22-27-21-16-31(37(34,35)19-14-26-29(2)15-19)9-8-20(21)23(28-22)30-10-12-36-13-11-30/h4-7,14-15H,3,8-13,16H2,1-2H3,(H2,25,33). The van der Waals surface area contributed by atoms with Crippen molar-refractivity contribution in [1.82, 2.24) is 24.1 Å². The molecule has 2 aliphatic rings. The van der Waals surface area contributed by atoms with E-state index >= 15 is 0 Å². The van der Waals surface area contributed by atoms with E-state index in [2.05, 4.69) is 10.00 Å². The molecule has 1 saturated heterocycles. The molecule has 2 aromatic heterocycles. The first-order valence-electron chi connectivity index (χ1n) is 12.2. The second-order valence-corrected chi connectivity index (χ2v) is 10.9. The number of carbonyl (C=O) groups excluding carboxylic acids is 1. The first-order valence-corrected chi connectivity index (χ1v) is 13.6. The summed E-state index contributed by atoms with van der Waals surface area (Å²) in [7, 11) is -2.03. The maximum atomic E-state index is 13.3. The van der Waals surface area contributed by atoms with E-state index in [1.165, 1.54) is 26.3 Å². The fraction of sp³-hybridized carbons (Fsp3) is 0.417. The molecule has 3 aromatic rings. The third-order valence-corrected chi connectivity index (χ3v) is 8.46. The van der Waals surface area contributed by atoms with Gasteiger partial charge in [-0.25, -0.2) is 23.2 Å². The quantitative estimate of drug-likeness (QED) is 0.508. The van der Waals surface area contributed by atoms with Crippen LogP contribution in [0.5, 0.6) is 0 Å². The number of morpholine rings is 1. The number of carbonyl (C=O) groups is 1. The van der Waals surface area contributed by atoms with Gasteiger partial charge in [0.2, 0.25) is 10.0 Å². The number of hydrogen-bond acceptors (Lipinski definition) is 8. The number of amides is 2. The molecule has 0 atom stereocenters. The van der Waals surface area contributed by atoms with Crippen molar-refractivity contribution in [2.75, 3.05) is 49.2 Å². The van der Waals surface area contributed by atoms with Crippen LogP contribution in [0.3, 0.4) is 0 Å². The smallest absolute Gasteiger partial charge is 0.319 e. The van der Waals surface area contributed by atoms with E-state index in [-0.39, 0.29) is 11.4 Å².